The van der Waals surface area contributed by atoms with Gasteiger partial charge in [0.25, 0.3) is 0 Å². The third-order valence-corrected chi connectivity index (χ3v) is 3.43. The van der Waals surface area contributed by atoms with Gasteiger partial charge in [-0.15, -0.1) is 0 Å². The van der Waals surface area contributed by atoms with Gasteiger partial charge in [0, 0.05) is 25.0 Å². The standard InChI is InChI=1S/C14H21N3O2/c1-11(10-17-7-3-2-4-8-17)16-13-5-6-15-9-12(13)14(18)19/h5-6,9,11H,2-4,7-8,10H2,1H3,(H,15,16)(H,18,19). The lowest BCUT2D eigenvalue weighted by Crippen LogP contribution is -2.38. The molecular weight excluding hydrogens is 242 g/mol. The molecule has 0 spiro atoms. The van der Waals surface area contributed by atoms with Crippen LogP contribution in [0.4, 0.5) is 5.69 Å². The van der Waals surface area contributed by atoms with Crippen molar-refractivity contribution in [2.75, 3.05) is 25.0 Å². The molecule has 1 aromatic rings. The molecule has 1 unspecified atom stereocenters. The molecule has 5 heteroatoms. The van der Waals surface area contributed by atoms with Crippen LogP contribution in [-0.2, 0) is 0 Å². The molecule has 104 valence electrons. The highest BCUT2D eigenvalue weighted by molar-refractivity contribution is 5.93. The highest BCUT2D eigenvalue weighted by Gasteiger charge is 2.15. The van der Waals surface area contributed by atoms with E-state index < -0.39 is 5.97 Å². The molecule has 2 heterocycles. The monoisotopic (exact) mass is 263 g/mol. The smallest absolute Gasteiger partial charge is 0.339 e. The normalized spacial score (nSPS) is 17.9. The second-order valence-corrected chi connectivity index (χ2v) is 5.13. The minimum absolute atomic E-state index is 0.221. The number of piperidine rings is 1. The summed E-state index contributed by atoms with van der Waals surface area (Å²) in [6.07, 6.45) is 6.86. The van der Waals surface area contributed by atoms with Crippen molar-refractivity contribution in [2.45, 2.75) is 32.2 Å². The predicted molar refractivity (Wildman–Crippen MR) is 74.6 cm³/mol. The molecule has 0 aliphatic carbocycles. The van der Waals surface area contributed by atoms with Crippen LogP contribution in [0.2, 0.25) is 0 Å². The van der Waals surface area contributed by atoms with Gasteiger partial charge in [-0.05, 0) is 38.9 Å². The summed E-state index contributed by atoms with van der Waals surface area (Å²) in [6, 6.07) is 1.94. The van der Waals surface area contributed by atoms with Crippen LogP contribution in [0.15, 0.2) is 18.5 Å². The van der Waals surface area contributed by atoms with Crippen molar-refractivity contribution >= 4 is 11.7 Å². The first-order chi connectivity index (χ1) is 9.16. The van der Waals surface area contributed by atoms with Gasteiger partial charge in [-0.2, -0.15) is 0 Å². The van der Waals surface area contributed by atoms with Crippen LogP contribution in [0.1, 0.15) is 36.5 Å². The molecule has 1 saturated heterocycles. The van der Waals surface area contributed by atoms with E-state index in [1.54, 1.807) is 12.3 Å². The maximum Gasteiger partial charge on any atom is 0.339 e. The number of carboxylic acid groups (broad SMARTS) is 1. The zero-order valence-electron chi connectivity index (χ0n) is 11.3. The first-order valence-corrected chi connectivity index (χ1v) is 6.83. The molecule has 1 aliphatic rings. The van der Waals surface area contributed by atoms with E-state index in [2.05, 4.69) is 22.1 Å². The van der Waals surface area contributed by atoms with E-state index in [9.17, 15) is 4.79 Å². The second kappa shape index (κ2) is 6.52. The van der Waals surface area contributed by atoms with E-state index in [0.717, 1.165) is 19.6 Å². The highest BCUT2D eigenvalue weighted by Crippen LogP contribution is 2.16. The summed E-state index contributed by atoms with van der Waals surface area (Å²) in [7, 11) is 0. The fraction of sp³-hybridized carbons (Fsp3) is 0.571. The molecule has 1 aromatic heterocycles. The van der Waals surface area contributed by atoms with Crippen molar-refractivity contribution in [3.05, 3.63) is 24.0 Å². The number of aromatic nitrogens is 1. The van der Waals surface area contributed by atoms with Gasteiger partial charge in [-0.3, -0.25) is 4.98 Å². The van der Waals surface area contributed by atoms with E-state index in [4.69, 9.17) is 5.11 Å². The summed E-state index contributed by atoms with van der Waals surface area (Å²) in [6.45, 7) is 5.32. The average Bonchev–Trinajstić information content (AvgIpc) is 2.40. The zero-order valence-corrected chi connectivity index (χ0v) is 11.3. The average molecular weight is 263 g/mol. The molecule has 2 N–H and O–H groups in total. The summed E-state index contributed by atoms with van der Waals surface area (Å²) < 4.78 is 0. The Balaban J connectivity index is 1.94. The van der Waals surface area contributed by atoms with Crippen LogP contribution in [0.5, 0.6) is 0 Å². The molecule has 0 amide bonds. The molecule has 1 atom stereocenters. The van der Waals surface area contributed by atoms with Gasteiger partial charge in [0.1, 0.15) is 5.56 Å². The van der Waals surface area contributed by atoms with Crippen molar-refractivity contribution < 1.29 is 9.90 Å². The Morgan fingerprint density at radius 3 is 2.89 bits per heavy atom. The molecule has 1 fully saturated rings. The predicted octanol–water partition coefficient (Wildman–Crippen LogP) is 2.07. The molecule has 0 aromatic carbocycles. The maximum atomic E-state index is 11.1. The van der Waals surface area contributed by atoms with Crippen molar-refractivity contribution in [1.82, 2.24) is 9.88 Å². The van der Waals surface area contributed by atoms with E-state index >= 15 is 0 Å². The van der Waals surface area contributed by atoms with Gasteiger partial charge in [-0.25, -0.2) is 4.79 Å². The lowest BCUT2D eigenvalue weighted by atomic mass is 10.1. The number of aromatic carboxylic acids is 1. The Hall–Kier alpha value is -1.62. The van der Waals surface area contributed by atoms with Gasteiger partial charge in [0.15, 0.2) is 0 Å². The van der Waals surface area contributed by atoms with Crippen LogP contribution in [0.25, 0.3) is 0 Å². The molecule has 19 heavy (non-hydrogen) atoms. The van der Waals surface area contributed by atoms with Gasteiger partial charge in [-0.1, -0.05) is 6.42 Å². The number of hydrogen-bond acceptors (Lipinski definition) is 4. The fourth-order valence-electron chi connectivity index (χ4n) is 2.53. The third-order valence-electron chi connectivity index (χ3n) is 3.43. The largest absolute Gasteiger partial charge is 0.478 e. The maximum absolute atomic E-state index is 11.1. The number of rotatable bonds is 5. The van der Waals surface area contributed by atoms with E-state index in [1.807, 2.05) is 0 Å². The lowest BCUT2D eigenvalue weighted by Gasteiger charge is -2.29. The van der Waals surface area contributed by atoms with Gasteiger partial charge in [0.2, 0.25) is 0 Å². The minimum atomic E-state index is -0.944. The molecule has 0 saturated carbocycles. The van der Waals surface area contributed by atoms with Gasteiger partial charge >= 0.3 is 5.97 Å². The summed E-state index contributed by atoms with van der Waals surface area (Å²) in [4.78, 5) is 17.4. The Kier molecular flexibility index (Phi) is 4.74. The number of nitrogens with one attached hydrogen (secondary N) is 1. The van der Waals surface area contributed by atoms with Crippen molar-refractivity contribution in [2.24, 2.45) is 0 Å². The Morgan fingerprint density at radius 1 is 1.47 bits per heavy atom. The summed E-state index contributed by atoms with van der Waals surface area (Å²) >= 11 is 0. The van der Waals surface area contributed by atoms with Crippen molar-refractivity contribution in [1.29, 1.82) is 0 Å². The third kappa shape index (κ3) is 3.92. The van der Waals surface area contributed by atoms with E-state index in [1.165, 1.54) is 25.5 Å². The van der Waals surface area contributed by atoms with Crippen LogP contribution in [0.3, 0.4) is 0 Å². The minimum Gasteiger partial charge on any atom is -0.478 e. The molecule has 1 aliphatic heterocycles. The molecule has 0 radical (unpaired) electrons. The van der Waals surface area contributed by atoms with Crippen LogP contribution in [-0.4, -0.2) is 46.6 Å². The fourth-order valence-corrected chi connectivity index (χ4v) is 2.53. The van der Waals surface area contributed by atoms with Gasteiger partial charge in [0.05, 0.1) is 5.69 Å². The molecule has 0 bridgehead atoms. The molecular formula is C14H21N3O2. The quantitative estimate of drug-likeness (QED) is 0.851. The first-order valence-electron chi connectivity index (χ1n) is 6.83. The number of likely N-dealkylation sites (tertiary alicyclic amines) is 1. The number of carbonyl (C=O) groups is 1. The van der Waals surface area contributed by atoms with Crippen molar-refractivity contribution in [3.8, 4) is 0 Å². The number of pyridine rings is 1. The highest BCUT2D eigenvalue weighted by atomic mass is 16.4. The van der Waals surface area contributed by atoms with Crippen LogP contribution < -0.4 is 5.32 Å². The molecule has 5 nitrogen and oxygen atoms in total. The lowest BCUT2D eigenvalue weighted by molar-refractivity contribution is 0.0697. The number of anilines is 1. The summed E-state index contributed by atoms with van der Waals surface area (Å²) in [5.41, 5.74) is 0.875. The SMILES string of the molecule is CC(CN1CCCCC1)Nc1ccncc1C(=O)O. The van der Waals surface area contributed by atoms with Crippen LogP contribution in [0, 0.1) is 0 Å². The van der Waals surface area contributed by atoms with E-state index in [0.29, 0.717) is 5.69 Å². The summed E-state index contributed by atoms with van der Waals surface area (Å²) in [5.74, 6) is -0.944. The molecule has 2 rings (SSSR count). The number of carboxylic acids is 1. The first kappa shape index (κ1) is 13.8. The second-order valence-electron chi connectivity index (χ2n) is 5.13. The van der Waals surface area contributed by atoms with Crippen LogP contribution >= 0.6 is 0 Å². The topological polar surface area (TPSA) is 65.5 Å². The number of nitrogens with zero attached hydrogens (tertiary/aromatic N) is 2. The summed E-state index contributed by atoms with van der Waals surface area (Å²) in [5, 5.41) is 12.4. The Bertz CT molecular complexity index is 430. The zero-order chi connectivity index (χ0) is 13.7. The van der Waals surface area contributed by atoms with E-state index in [-0.39, 0.29) is 11.6 Å². The number of hydrogen-bond donors (Lipinski definition) is 2. The van der Waals surface area contributed by atoms with Crippen molar-refractivity contribution in [3.63, 3.8) is 0 Å². The Labute approximate surface area is 113 Å². The van der Waals surface area contributed by atoms with Gasteiger partial charge < -0.3 is 15.3 Å². The Morgan fingerprint density at radius 2 is 2.21 bits per heavy atom.